The van der Waals surface area contributed by atoms with Crippen LogP contribution in [0.4, 0.5) is 0 Å². The second-order valence-corrected chi connectivity index (χ2v) is 6.87. The zero-order chi connectivity index (χ0) is 21.2. The Bertz CT molecular complexity index is 828. The summed E-state index contributed by atoms with van der Waals surface area (Å²) in [6.07, 6.45) is 0.485. The molecular formula is C22H27ClN2O4. The number of ether oxygens (including phenoxy) is 2. The van der Waals surface area contributed by atoms with Crippen LogP contribution in [-0.2, 0) is 16.1 Å². The highest BCUT2D eigenvalue weighted by Crippen LogP contribution is 2.19. The zero-order valence-corrected chi connectivity index (χ0v) is 17.7. The van der Waals surface area contributed by atoms with Crippen molar-refractivity contribution in [2.45, 2.75) is 32.9 Å². The molecule has 1 atom stereocenters. The van der Waals surface area contributed by atoms with E-state index in [1.54, 1.807) is 36.3 Å². The van der Waals surface area contributed by atoms with Crippen LogP contribution in [-0.4, -0.2) is 43.0 Å². The molecule has 0 aliphatic carbocycles. The van der Waals surface area contributed by atoms with Gasteiger partial charge in [0.15, 0.2) is 6.61 Å². The van der Waals surface area contributed by atoms with Crippen LogP contribution in [0.25, 0.3) is 0 Å². The lowest BCUT2D eigenvalue weighted by Crippen LogP contribution is -2.50. The van der Waals surface area contributed by atoms with Crippen LogP contribution in [0.5, 0.6) is 11.5 Å². The molecule has 0 heterocycles. The van der Waals surface area contributed by atoms with E-state index in [1.165, 1.54) is 0 Å². The molecule has 6 nitrogen and oxygen atoms in total. The van der Waals surface area contributed by atoms with E-state index in [1.807, 2.05) is 38.1 Å². The van der Waals surface area contributed by atoms with Gasteiger partial charge in [0, 0.05) is 18.1 Å². The Morgan fingerprint density at radius 2 is 1.83 bits per heavy atom. The summed E-state index contributed by atoms with van der Waals surface area (Å²) in [4.78, 5) is 27.1. The number of amides is 2. The molecule has 2 amide bonds. The normalized spacial score (nSPS) is 11.4. The summed E-state index contributed by atoms with van der Waals surface area (Å²) in [5, 5.41) is 3.33. The summed E-state index contributed by atoms with van der Waals surface area (Å²) >= 11 is 5.97. The molecule has 29 heavy (non-hydrogen) atoms. The molecule has 0 saturated heterocycles. The first-order chi connectivity index (χ1) is 14.0. The van der Waals surface area contributed by atoms with Crippen LogP contribution in [0.15, 0.2) is 48.5 Å². The van der Waals surface area contributed by atoms with Gasteiger partial charge in [0.05, 0.1) is 7.11 Å². The summed E-state index contributed by atoms with van der Waals surface area (Å²) in [5.41, 5.74) is 0.864. The maximum Gasteiger partial charge on any atom is 0.261 e. The maximum atomic E-state index is 13.0. The van der Waals surface area contributed by atoms with Crippen LogP contribution in [0.2, 0.25) is 5.02 Å². The number of nitrogens with one attached hydrogen (secondary N) is 1. The highest BCUT2D eigenvalue weighted by Gasteiger charge is 2.28. The fraction of sp³-hybridized carbons (Fsp3) is 0.364. The number of hydrogen-bond acceptors (Lipinski definition) is 4. The van der Waals surface area contributed by atoms with Crippen LogP contribution in [0.1, 0.15) is 25.8 Å². The van der Waals surface area contributed by atoms with Crippen LogP contribution < -0.4 is 14.8 Å². The third-order valence-electron chi connectivity index (χ3n) is 4.38. The van der Waals surface area contributed by atoms with Gasteiger partial charge >= 0.3 is 0 Å². The first-order valence-corrected chi connectivity index (χ1v) is 9.94. The van der Waals surface area contributed by atoms with Crippen molar-refractivity contribution < 1.29 is 19.1 Å². The van der Waals surface area contributed by atoms with Gasteiger partial charge < -0.3 is 19.7 Å². The number of nitrogens with zero attached hydrogens (tertiary/aromatic N) is 1. The van der Waals surface area contributed by atoms with Crippen molar-refractivity contribution in [2.75, 3.05) is 20.3 Å². The molecule has 0 aliphatic heterocycles. The molecule has 0 aliphatic rings. The number of carbonyl (C=O) groups is 2. The quantitative estimate of drug-likeness (QED) is 0.639. The van der Waals surface area contributed by atoms with E-state index in [4.69, 9.17) is 21.1 Å². The number of rotatable bonds is 10. The average molecular weight is 419 g/mol. The van der Waals surface area contributed by atoms with Crippen molar-refractivity contribution in [1.82, 2.24) is 10.2 Å². The third kappa shape index (κ3) is 6.68. The monoisotopic (exact) mass is 418 g/mol. The lowest BCUT2D eigenvalue weighted by molar-refractivity contribution is -0.142. The van der Waals surface area contributed by atoms with Crippen LogP contribution in [0, 0.1) is 0 Å². The second-order valence-electron chi connectivity index (χ2n) is 6.44. The predicted octanol–water partition coefficient (Wildman–Crippen LogP) is 3.67. The number of hydrogen-bond donors (Lipinski definition) is 1. The first-order valence-electron chi connectivity index (χ1n) is 9.56. The molecule has 2 rings (SSSR count). The van der Waals surface area contributed by atoms with E-state index < -0.39 is 6.04 Å². The van der Waals surface area contributed by atoms with Gasteiger partial charge in [-0.2, -0.15) is 0 Å². The van der Waals surface area contributed by atoms with Gasteiger partial charge in [-0.1, -0.05) is 36.7 Å². The Hall–Kier alpha value is -2.73. The van der Waals surface area contributed by atoms with Gasteiger partial charge in [0.25, 0.3) is 5.91 Å². The van der Waals surface area contributed by atoms with E-state index in [0.29, 0.717) is 29.5 Å². The molecular weight excluding hydrogens is 392 g/mol. The van der Waals surface area contributed by atoms with Gasteiger partial charge in [-0.15, -0.1) is 0 Å². The summed E-state index contributed by atoms with van der Waals surface area (Å²) in [7, 11) is 1.59. The van der Waals surface area contributed by atoms with Gasteiger partial charge in [0.1, 0.15) is 17.5 Å². The highest BCUT2D eigenvalue weighted by atomic mass is 35.5. The molecule has 0 saturated carbocycles. The van der Waals surface area contributed by atoms with Crippen molar-refractivity contribution in [1.29, 1.82) is 0 Å². The van der Waals surface area contributed by atoms with Crippen molar-refractivity contribution in [3.63, 3.8) is 0 Å². The molecule has 0 spiro atoms. The predicted molar refractivity (Wildman–Crippen MR) is 113 cm³/mol. The minimum absolute atomic E-state index is 0.186. The average Bonchev–Trinajstić information content (AvgIpc) is 2.72. The Balaban J connectivity index is 2.21. The topological polar surface area (TPSA) is 67.9 Å². The van der Waals surface area contributed by atoms with Gasteiger partial charge in [-0.05, 0) is 49.2 Å². The van der Waals surface area contributed by atoms with Crippen LogP contribution in [0.3, 0.4) is 0 Å². The number of methoxy groups -OCH3 is 1. The minimum atomic E-state index is -0.600. The van der Waals surface area contributed by atoms with E-state index in [2.05, 4.69) is 5.32 Å². The lowest BCUT2D eigenvalue weighted by Gasteiger charge is -2.30. The van der Waals surface area contributed by atoms with Crippen molar-refractivity contribution in [3.05, 3.63) is 59.1 Å². The van der Waals surface area contributed by atoms with E-state index in [-0.39, 0.29) is 25.0 Å². The Kier molecular flexibility index (Phi) is 8.80. The SMILES string of the molecule is CCNC(=O)[C@H](CC)N(Cc1cccc(OC)c1)C(=O)COc1cccc(Cl)c1. The summed E-state index contributed by atoms with van der Waals surface area (Å²) in [5.74, 6) is 0.717. The summed E-state index contributed by atoms with van der Waals surface area (Å²) < 4.78 is 10.9. The van der Waals surface area contributed by atoms with E-state index in [0.717, 1.165) is 5.56 Å². The largest absolute Gasteiger partial charge is 0.497 e. The fourth-order valence-corrected chi connectivity index (χ4v) is 3.14. The molecule has 0 radical (unpaired) electrons. The van der Waals surface area contributed by atoms with Crippen molar-refractivity contribution in [3.8, 4) is 11.5 Å². The maximum absolute atomic E-state index is 13.0. The third-order valence-corrected chi connectivity index (χ3v) is 4.62. The number of halogens is 1. The molecule has 2 aromatic rings. The Labute approximate surface area is 176 Å². The van der Waals surface area contributed by atoms with Gasteiger partial charge in [0.2, 0.25) is 5.91 Å². The molecule has 0 unspecified atom stereocenters. The number of benzene rings is 2. The molecule has 0 bridgehead atoms. The molecule has 0 aromatic heterocycles. The first kappa shape index (κ1) is 22.6. The number of likely N-dealkylation sites (N-methyl/N-ethyl adjacent to an activating group) is 1. The minimum Gasteiger partial charge on any atom is -0.497 e. The Morgan fingerprint density at radius 1 is 1.10 bits per heavy atom. The van der Waals surface area contributed by atoms with Gasteiger partial charge in [-0.3, -0.25) is 9.59 Å². The Morgan fingerprint density at radius 3 is 2.48 bits per heavy atom. The highest BCUT2D eigenvalue weighted by molar-refractivity contribution is 6.30. The molecule has 0 fully saturated rings. The van der Waals surface area contributed by atoms with E-state index in [9.17, 15) is 9.59 Å². The lowest BCUT2D eigenvalue weighted by atomic mass is 10.1. The molecule has 1 N–H and O–H groups in total. The zero-order valence-electron chi connectivity index (χ0n) is 17.0. The standard InChI is InChI=1S/C22H27ClN2O4/c1-4-20(22(27)24-5-2)25(14-16-8-6-10-18(12-16)28-3)21(26)15-29-19-11-7-9-17(23)13-19/h6-13,20H,4-5,14-15H2,1-3H3,(H,24,27)/t20-/m0/s1. The van der Waals surface area contributed by atoms with Crippen molar-refractivity contribution >= 4 is 23.4 Å². The number of carbonyl (C=O) groups excluding carboxylic acids is 2. The summed E-state index contributed by atoms with van der Waals surface area (Å²) in [6.45, 7) is 4.30. The molecule has 2 aromatic carbocycles. The van der Waals surface area contributed by atoms with Crippen LogP contribution >= 0.6 is 11.6 Å². The van der Waals surface area contributed by atoms with Gasteiger partial charge in [-0.25, -0.2) is 0 Å². The smallest absolute Gasteiger partial charge is 0.261 e. The fourth-order valence-electron chi connectivity index (χ4n) is 2.96. The second kappa shape index (κ2) is 11.3. The molecule has 7 heteroatoms. The summed E-state index contributed by atoms with van der Waals surface area (Å²) in [6, 6.07) is 13.7. The molecule has 156 valence electrons. The van der Waals surface area contributed by atoms with Crippen molar-refractivity contribution in [2.24, 2.45) is 0 Å². The van der Waals surface area contributed by atoms with E-state index >= 15 is 0 Å².